The molecule has 0 radical (unpaired) electrons. The van der Waals surface area contributed by atoms with Crippen molar-refractivity contribution in [3.8, 4) is 0 Å². The molecule has 1 N–H and O–H groups in total. The molecule has 2 aromatic rings. The molecule has 0 saturated heterocycles. The van der Waals surface area contributed by atoms with E-state index in [1.54, 1.807) is 0 Å². The van der Waals surface area contributed by atoms with E-state index in [2.05, 4.69) is 9.88 Å². The number of nitrogens with one attached hydrogen (secondary N) is 1. The molecule has 0 atom stereocenters. The van der Waals surface area contributed by atoms with Gasteiger partial charge in [0, 0.05) is 23.1 Å². The smallest absolute Gasteiger partial charge is 0.345 e. The lowest BCUT2D eigenvalue weighted by Gasteiger charge is -2.10. The summed E-state index contributed by atoms with van der Waals surface area (Å²) in [6.07, 6.45) is -2.13. The van der Waals surface area contributed by atoms with Gasteiger partial charge in [0.25, 0.3) is 5.91 Å². The molecule has 0 unspecified atom stereocenters. The minimum atomic E-state index is -4.38. The van der Waals surface area contributed by atoms with Crippen molar-refractivity contribution < 1.29 is 18.0 Å². The molecule has 1 aromatic carbocycles. The zero-order valence-electron chi connectivity index (χ0n) is 12.9. The number of aryl methyl sites for hydroxylation is 1. The van der Waals surface area contributed by atoms with Gasteiger partial charge in [0.05, 0.1) is 11.1 Å². The summed E-state index contributed by atoms with van der Waals surface area (Å²) in [5.41, 5.74) is 2.10. The number of carbonyl (C=O) groups excluding carboxylic acids is 1. The first-order chi connectivity index (χ1) is 10.8. The summed E-state index contributed by atoms with van der Waals surface area (Å²) >= 11 is 0. The van der Waals surface area contributed by atoms with Gasteiger partial charge in [0.15, 0.2) is 0 Å². The Hall–Kier alpha value is -2.24. The van der Waals surface area contributed by atoms with Gasteiger partial charge in [-0.15, -0.1) is 0 Å². The molecular formula is C17H17F3N2O. The second-order valence-corrected chi connectivity index (χ2v) is 5.92. The predicted octanol–water partition coefficient (Wildman–Crippen LogP) is 4.71. The molecule has 0 aliphatic heterocycles. The number of nitrogens with zero attached hydrogens (tertiary/aromatic N) is 1. The normalized spacial score (nSPS) is 14.8. The number of alkyl halides is 3. The van der Waals surface area contributed by atoms with Gasteiger partial charge in [-0.1, -0.05) is 0 Å². The molecule has 122 valence electrons. The Kier molecular flexibility index (Phi) is 3.70. The number of hydrogen-bond acceptors (Lipinski definition) is 1. The summed E-state index contributed by atoms with van der Waals surface area (Å²) in [6, 6.07) is 6.75. The van der Waals surface area contributed by atoms with Crippen LogP contribution in [0.3, 0.4) is 0 Å². The highest BCUT2D eigenvalue weighted by Gasteiger charge is 2.30. The quantitative estimate of drug-likeness (QED) is 0.872. The molecule has 1 amide bonds. The summed E-state index contributed by atoms with van der Waals surface area (Å²) in [5, 5.41) is 2.66. The van der Waals surface area contributed by atoms with Gasteiger partial charge >= 0.3 is 6.18 Å². The van der Waals surface area contributed by atoms with Crippen LogP contribution in [0.5, 0.6) is 0 Å². The maximum atomic E-state index is 12.5. The van der Waals surface area contributed by atoms with E-state index in [9.17, 15) is 18.0 Å². The van der Waals surface area contributed by atoms with Gasteiger partial charge in [-0.05, 0) is 57.0 Å². The van der Waals surface area contributed by atoms with Crippen LogP contribution in [0.2, 0.25) is 0 Å². The van der Waals surface area contributed by atoms with Crippen molar-refractivity contribution in [2.45, 2.75) is 38.9 Å². The largest absolute Gasteiger partial charge is 0.416 e. The van der Waals surface area contributed by atoms with Crippen molar-refractivity contribution in [3.63, 3.8) is 0 Å². The predicted molar refractivity (Wildman–Crippen MR) is 81.6 cm³/mol. The molecule has 1 fully saturated rings. The maximum Gasteiger partial charge on any atom is 0.416 e. The van der Waals surface area contributed by atoms with Gasteiger partial charge < -0.3 is 9.88 Å². The van der Waals surface area contributed by atoms with Crippen LogP contribution in [0, 0.1) is 13.8 Å². The summed E-state index contributed by atoms with van der Waals surface area (Å²) in [4.78, 5) is 12.4. The molecule has 6 heteroatoms. The molecule has 3 nitrogen and oxygen atoms in total. The lowest BCUT2D eigenvalue weighted by molar-refractivity contribution is -0.137. The Morgan fingerprint density at radius 3 is 2.30 bits per heavy atom. The van der Waals surface area contributed by atoms with Gasteiger partial charge in [-0.25, -0.2) is 0 Å². The van der Waals surface area contributed by atoms with Crippen molar-refractivity contribution in [2.75, 3.05) is 5.32 Å². The number of rotatable bonds is 3. The molecule has 1 aliphatic carbocycles. The van der Waals surface area contributed by atoms with E-state index in [0.717, 1.165) is 36.4 Å². The van der Waals surface area contributed by atoms with E-state index in [4.69, 9.17) is 0 Å². The number of amides is 1. The van der Waals surface area contributed by atoms with Crippen molar-refractivity contribution in [1.82, 2.24) is 4.57 Å². The minimum Gasteiger partial charge on any atom is -0.345 e. The highest BCUT2D eigenvalue weighted by atomic mass is 19.4. The third-order valence-electron chi connectivity index (χ3n) is 4.11. The lowest BCUT2D eigenvalue weighted by Crippen LogP contribution is -2.13. The average Bonchev–Trinajstić information content (AvgIpc) is 3.24. The van der Waals surface area contributed by atoms with Gasteiger partial charge in [0.1, 0.15) is 0 Å². The Morgan fingerprint density at radius 1 is 1.17 bits per heavy atom. The van der Waals surface area contributed by atoms with Crippen LogP contribution >= 0.6 is 0 Å². The number of anilines is 1. The third-order valence-corrected chi connectivity index (χ3v) is 4.11. The van der Waals surface area contributed by atoms with E-state index >= 15 is 0 Å². The fourth-order valence-corrected chi connectivity index (χ4v) is 2.84. The molecule has 1 aromatic heterocycles. The first-order valence-electron chi connectivity index (χ1n) is 7.44. The second kappa shape index (κ2) is 5.44. The maximum absolute atomic E-state index is 12.5. The van der Waals surface area contributed by atoms with E-state index in [0.29, 0.717) is 17.3 Å². The zero-order valence-corrected chi connectivity index (χ0v) is 12.9. The summed E-state index contributed by atoms with van der Waals surface area (Å²) in [7, 11) is 0. The fraction of sp³-hybridized carbons (Fsp3) is 0.353. The van der Waals surface area contributed by atoms with Crippen LogP contribution in [0.1, 0.15) is 46.2 Å². The van der Waals surface area contributed by atoms with Gasteiger partial charge in [-0.2, -0.15) is 13.2 Å². The van der Waals surface area contributed by atoms with E-state index in [1.165, 1.54) is 12.1 Å². The average molecular weight is 322 g/mol. The van der Waals surface area contributed by atoms with E-state index in [1.807, 2.05) is 19.9 Å². The summed E-state index contributed by atoms with van der Waals surface area (Å²) < 4.78 is 39.8. The second-order valence-electron chi connectivity index (χ2n) is 5.92. The van der Waals surface area contributed by atoms with Crippen LogP contribution in [0.25, 0.3) is 0 Å². The molecule has 1 aliphatic rings. The van der Waals surface area contributed by atoms with Gasteiger partial charge in [0.2, 0.25) is 0 Å². The first-order valence-corrected chi connectivity index (χ1v) is 7.44. The van der Waals surface area contributed by atoms with Crippen LogP contribution in [-0.2, 0) is 6.18 Å². The first kappa shape index (κ1) is 15.6. The highest BCUT2D eigenvalue weighted by Crippen LogP contribution is 2.38. The van der Waals surface area contributed by atoms with E-state index in [-0.39, 0.29) is 5.91 Å². The number of aromatic nitrogens is 1. The van der Waals surface area contributed by atoms with Crippen LogP contribution < -0.4 is 5.32 Å². The summed E-state index contributed by atoms with van der Waals surface area (Å²) in [6.45, 7) is 3.85. The van der Waals surface area contributed by atoms with Gasteiger partial charge in [-0.3, -0.25) is 4.79 Å². The molecule has 0 bridgehead atoms. The minimum absolute atomic E-state index is 0.301. The SMILES string of the molecule is Cc1cc(C(=O)Nc2ccc(C(F)(F)F)cc2)c(C)n1C1CC1. The third kappa shape index (κ3) is 3.11. The van der Waals surface area contributed by atoms with E-state index < -0.39 is 11.7 Å². The lowest BCUT2D eigenvalue weighted by atomic mass is 10.2. The Labute approximate surface area is 132 Å². The number of halogens is 3. The van der Waals surface area contributed by atoms with Crippen LogP contribution in [-0.4, -0.2) is 10.5 Å². The van der Waals surface area contributed by atoms with Crippen molar-refractivity contribution >= 4 is 11.6 Å². The highest BCUT2D eigenvalue weighted by molar-refractivity contribution is 6.05. The molecular weight excluding hydrogens is 305 g/mol. The van der Waals surface area contributed by atoms with Crippen molar-refractivity contribution in [3.05, 3.63) is 52.8 Å². The topological polar surface area (TPSA) is 34.0 Å². The molecule has 1 saturated carbocycles. The van der Waals surface area contributed by atoms with Crippen molar-refractivity contribution in [2.24, 2.45) is 0 Å². The molecule has 1 heterocycles. The molecule has 3 rings (SSSR count). The Morgan fingerprint density at radius 2 is 1.78 bits per heavy atom. The monoisotopic (exact) mass is 322 g/mol. The Balaban J connectivity index is 1.78. The number of carbonyl (C=O) groups is 1. The Bertz CT molecular complexity index is 740. The molecule has 23 heavy (non-hydrogen) atoms. The fourth-order valence-electron chi connectivity index (χ4n) is 2.84. The molecule has 0 spiro atoms. The number of hydrogen-bond donors (Lipinski definition) is 1. The van der Waals surface area contributed by atoms with Crippen molar-refractivity contribution in [1.29, 1.82) is 0 Å². The van der Waals surface area contributed by atoms with Crippen LogP contribution in [0.4, 0.5) is 18.9 Å². The standard InChI is InChI=1S/C17H17F3N2O/c1-10-9-15(11(2)22(10)14-7-8-14)16(23)21-13-5-3-12(4-6-13)17(18,19)20/h3-6,9,14H,7-8H2,1-2H3,(H,21,23). The zero-order chi connectivity index (χ0) is 16.8. The summed E-state index contributed by atoms with van der Waals surface area (Å²) in [5.74, 6) is -0.301. The number of benzene rings is 1. The van der Waals surface area contributed by atoms with Crippen LogP contribution in [0.15, 0.2) is 30.3 Å².